The summed E-state index contributed by atoms with van der Waals surface area (Å²) < 4.78 is 22.6. The number of ether oxygens (including phenoxy) is 4. The van der Waals surface area contributed by atoms with Crippen molar-refractivity contribution in [3.05, 3.63) is 71.8 Å². The molecule has 0 heterocycles. The van der Waals surface area contributed by atoms with Crippen LogP contribution in [0.5, 0.6) is 0 Å². The van der Waals surface area contributed by atoms with E-state index in [1.807, 2.05) is 81.4 Å². The molecule has 6 heteroatoms. The van der Waals surface area contributed by atoms with Gasteiger partial charge in [-0.1, -0.05) is 60.7 Å². The summed E-state index contributed by atoms with van der Waals surface area (Å²) in [6, 6.07) is 19.6. The van der Waals surface area contributed by atoms with Crippen LogP contribution in [0.1, 0.15) is 38.3 Å². The first-order valence-corrected chi connectivity index (χ1v) is 11.1. The standard InChI is InChI=1S/C26H36O6/c1-26(2,3)25(28)32-16-10-15-31-24(20-30-18-22-13-8-5-9-14-22)23(27)19-29-17-21-11-6-4-7-12-21/h4-9,11-14,23-24,27H,10,15-20H2,1-3H3/t23-,24-/m0/s1. The second-order valence-electron chi connectivity index (χ2n) is 8.72. The molecular weight excluding hydrogens is 408 g/mol. The van der Waals surface area contributed by atoms with Gasteiger partial charge in [0.25, 0.3) is 0 Å². The molecule has 0 aliphatic carbocycles. The van der Waals surface area contributed by atoms with E-state index in [1.54, 1.807) is 0 Å². The Kier molecular flexibility index (Phi) is 11.4. The molecule has 0 spiro atoms. The number of esters is 1. The molecule has 0 aliphatic heterocycles. The van der Waals surface area contributed by atoms with Crippen LogP contribution < -0.4 is 0 Å². The van der Waals surface area contributed by atoms with Gasteiger partial charge in [0.2, 0.25) is 0 Å². The van der Waals surface area contributed by atoms with E-state index in [2.05, 4.69) is 0 Å². The van der Waals surface area contributed by atoms with Gasteiger partial charge in [0.05, 0.1) is 45.1 Å². The second kappa shape index (κ2) is 14.0. The minimum atomic E-state index is -0.841. The molecule has 2 atom stereocenters. The number of aliphatic hydroxyl groups excluding tert-OH is 1. The van der Waals surface area contributed by atoms with Crippen LogP contribution in [-0.2, 0) is 37.0 Å². The molecule has 0 bridgehead atoms. The smallest absolute Gasteiger partial charge is 0.311 e. The molecular formula is C26H36O6. The van der Waals surface area contributed by atoms with Gasteiger partial charge in [-0.2, -0.15) is 0 Å². The normalized spacial score (nSPS) is 13.5. The molecule has 0 fully saturated rings. The van der Waals surface area contributed by atoms with Gasteiger partial charge in [-0.3, -0.25) is 4.79 Å². The van der Waals surface area contributed by atoms with Crippen molar-refractivity contribution in [3.8, 4) is 0 Å². The van der Waals surface area contributed by atoms with Crippen molar-refractivity contribution in [1.29, 1.82) is 0 Å². The number of hydrogen-bond acceptors (Lipinski definition) is 6. The number of carbonyl (C=O) groups is 1. The molecule has 0 aliphatic rings. The molecule has 0 saturated heterocycles. The highest BCUT2D eigenvalue weighted by Gasteiger charge is 2.23. The Balaban J connectivity index is 1.77. The molecule has 0 aromatic heterocycles. The largest absolute Gasteiger partial charge is 0.465 e. The van der Waals surface area contributed by atoms with E-state index in [1.165, 1.54) is 0 Å². The van der Waals surface area contributed by atoms with Gasteiger partial charge >= 0.3 is 5.97 Å². The van der Waals surface area contributed by atoms with Gasteiger partial charge in [-0.15, -0.1) is 0 Å². The molecule has 0 unspecified atom stereocenters. The molecule has 2 rings (SSSR count). The Morgan fingerprint density at radius 1 is 0.844 bits per heavy atom. The molecule has 0 saturated carbocycles. The number of aliphatic hydroxyl groups is 1. The second-order valence-corrected chi connectivity index (χ2v) is 8.72. The molecule has 176 valence electrons. The van der Waals surface area contributed by atoms with Crippen molar-refractivity contribution in [1.82, 2.24) is 0 Å². The summed E-state index contributed by atoms with van der Waals surface area (Å²) in [5.74, 6) is -0.241. The molecule has 2 aromatic carbocycles. The van der Waals surface area contributed by atoms with E-state index in [-0.39, 0.29) is 25.8 Å². The SMILES string of the molecule is CC(C)(C)C(=O)OCCCO[C@@H](COCc1ccccc1)[C@@H](O)COCc1ccccc1. The van der Waals surface area contributed by atoms with Crippen molar-refractivity contribution in [2.24, 2.45) is 5.41 Å². The first kappa shape index (κ1) is 26.0. The van der Waals surface area contributed by atoms with E-state index < -0.39 is 17.6 Å². The van der Waals surface area contributed by atoms with Crippen LogP contribution in [0.3, 0.4) is 0 Å². The zero-order valence-corrected chi connectivity index (χ0v) is 19.4. The molecule has 0 amide bonds. The number of carbonyl (C=O) groups excluding carboxylic acids is 1. The average molecular weight is 445 g/mol. The fraction of sp³-hybridized carbons (Fsp3) is 0.500. The van der Waals surface area contributed by atoms with Gasteiger partial charge in [0.1, 0.15) is 12.2 Å². The Morgan fingerprint density at radius 2 is 1.38 bits per heavy atom. The third-order valence-electron chi connectivity index (χ3n) is 4.69. The average Bonchev–Trinajstić information content (AvgIpc) is 2.78. The Hall–Kier alpha value is -2.25. The van der Waals surface area contributed by atoms with E-state index >= 15 is 0 Å². The van der Waals surface area contributed by atoms with Crippen LogP contribution in [0.2, 0.25) is 0 Å². The van der Waals surface area contributed by atoms with Crippen LogP contribution in [0.25, 0.3) is 0 Å². The zero-order valence-electron chi connectivity index (χ0n) is 19.4. The lowest BCUT2D eigenvalue weighted by Crippen LogP contribution is -2.37. The minimum Gasteiger partial charge on any atom is -0.465 e. The van der Waals surface area contributed by atoms with E-state index in [0.717, 1.165) is 11.1 Å². The number of benzene rings is 2. The summed E-state index contributed by atoms with van der Waals surface area (Å²) >= 11 is 0. The maximum absolute atomic E-state index is 11.8. The van der Waals surface area contributed by atoms with Crippen molar-refractivity contribution < 1.29 is 28.8 Å². The van der Waals surface area contributed by atoms with Crippen LogP contribution in [0.4, 0.5) is 0 Å². The summed E-state index contributed by atoms with van der Waals surface area (Å²) in [7, 11) is 0. The zero-order chi connectivity index (χ0) is 23.2. The highest BCUT2D eigenvalue weighted by molar-refractivity contribution is 5.75. The van der Waals surface area contributed by atoms with E-state index in [9.17, 15) is 9.90 Å². The summed E-state index contributed by atoms with van der Waals surface area (Å²) in [5, 5.41) is 10.6. The van der Waals surface area contributed by atoms with E-state index in [4.69, 9.17) is 18.9 Å². The lowest BCUT2D eigenvalue weighted by atomic mass is 9.97. The van der Waals surface area contributed by atoms with Gasteiger partial charge in [0, 0.05) is 6.42 Å². The van der Waals surface area contributed by atoms with Crippen LogP contribution >= 0.6 is 0 Å². The fourth-order valence-corrected chi connectivity index (χ4v) is 2.79. The fourth-order valence-electron chi connectivity index (χ4n) is 2.79. The predicted octanol–water partition coefficient (Wildman–Crippen LogP) is 4.15. The van der Waals surface area contributed by atoms with E-state index in [0.29, 0.717) is 26.2 Å². The van der Waals surface area contributed by atoms with Crippen molar-refractivity contribution in [2.45, 2.75) is 52.6 Å². The predicted molar refractivity (Wildman–Crippen MR) is 123 cm³/mol. The highest BCUT2D eigenvalue weighted by atomic mass is 16.6. The first-order valence-electron chi connectivity index (χ1n) is 11.1. The number of hydrogen-bond donors (Lipinski definition) is 1. The van der Waals surface area contributed by atoms with Crippen molar-refractivity contribution in [2.75, 3.05) is 26.4 Å². The Morgan fingerprint density at radius 3 is 1.91 bits per heavy atom. The van der Waals surface area contributed by atoms with Crippen molar-refractivity contribution >= 4 is 5.97 Å². The molecule has 6 nitrogen and oxygen atoms in total. The van der Waals surface area contributed by atoms with Crippen LogP contribution in [0.15, 0.2) is 60.7 Å². The lowest BCUT2D eigenvalue weighted by Gasteiger charge is -2.24. The minimum absolute atomic E-state index is 0.132. The third-order valence-corrected chi connectivity index (χ3v) is 4.69. The van der Waals surface area contributed by atoms with Gasteiger partial charge in [-0.05, 0) is 31.9 Å². The third kappa shape index (κ3) is 10.4. The summed E-state index contributed by atoms with van der Waals surface area (Å²) in [6.45, 7) is 7.27. The highest BCUT2D eigenvalue weighted by Crippen LogP contribution is 2.15. The quantitative estimate of drug-likeness (QED) is 0.349. The van der Waals surface area contributed by atoms with Crippen LogP contribution in [0, 0.1) is 5.41 Å². The van der Waals surface area contributed by atoms with Gasteiger partial charge in [0.15, 0.2) is 0 Å². The maximum Gasteiger partial charge on any atom is 0.311 e. The number of rotatable bonds is 14. The Bertz CT molecular complexity index is 757. The van der Waals surface area contributed by atoms with Crippen molar-refractivity contribution in [3.63, 3.8) is 0 Å². The monoisotopic (exact) mass is 444 g/mol. The topological polar surface area (TPSA) is 74.2 Å². The molecule has 32 heavy (non-hydrogen) atoms. The summed E-state index contributed by atoms with van der Waals surface area (Å²) in [4.78, 5) is 11.8. The summed E-state index contributed by atoms with van der Waals surface area (Å²) in [6.07, 6.45) is -0.853. The maximum atomic E-state index is 11.8. The lowest BCUT2D eigenvalue weighted by molar-refractivity contribution is -0.154. The molecule has 1 N–H and O–H groups in total. The molecule has 0 radical (unpaired) electrons. The van der Waals surface area contributed by atoms with Gasteiger partial charge < -0.3 is 24.1 Å². The van der Waals surface area contributed by atoms with Crippen LogP contribution in [-0.4, -0.2) is 49.7 Å². The summed E-state index contributed by atoms with van der Waals surface area (Å²) in [5.41, 5.74) is 1.56. The van der Waals surface area contributed by atoms with Gasteiger partial charge in [-0.25, -0.2) is 0 Å². The molecule has 2 aromatic rings. The first-order chi connectivity index (χ1) is 15.4. The Labute approximate surface area is 191 Å².